The predicted octanol–water partition coefficient (Wildman–Crippen LogP) is 2.71. The van der Waals surface area contributed by atoms with Crippen molar-refractivity contribution in [3.05, 3.63) is 53.5 Å². The largest absolute Gasteiger partial charge is 0.339 e. The Bertz CT molecular complexity index is 650. The zero-order valence-electron chi connectivity index (χ0n) is 9.18. The first-order chi connectivity index (χ1) is 8.72. The lowest BCUT2D eigenvalue weighted by atomic mass is 10.2. The summed E-state index contributed by atoms with van der Waals surface area (Å²) in [7, 11) is 0. The lowest BCUT2D eigenvalue weighted by Crippen LogP contribution is -1.96. The monoisotopic (exact) mass is 238 g/mol. The number of halogens is 1. The fourth-order valence-electron chi connectivity index (χ4n) is 1.39. The zero-order chi connectivity index (χ0) is 13.0. The Morgan fingerprint density at radius 3 is 2.56 bits per heavy atom. The van der Waals surface area contributed by atoms with E-state index in [1.165, 1.54) is 18.3 Å². The van der Waals surface area contributed by atoms with E-state index in [0.29, 0.717) is 17.1 Å². The molecule has 5 heteroatoms. The molecule has 0 saturated carbocycles. The van der Waals surface area contributed by atoms with E-state index in [9.17, 15) is 4.39 Å². The van der Waals surface area contributed by atoms with Gasteiger partial charge in [0, 0.05) is 6.20 Å². The molecular weight excluding hydrogens is 231 g/mol. The maximum absolute atomic E-state index is 12.9. The SMILES string of the molecule is N#Cc1ccc(Nc2ccc(F)cc2C#N)nc1. The summed E-state index contributed by atoms with van der Waals surface area (Å²) in [6, 6.07) is 10.9. The molecule has 86 valence electrons. The van der Waals surface area contributed by atoms with Crippen molar-refractivity contribution in [2.45, 2.75) is 0 Å². The van der Waals surface area contributed by atoms with Crippen molar-refractivity contribution < 1.29 is 4.39 Å². The molecule has 0 fully saturated rings. The highest BCUT2D eigenvalue weighted by Gasteiger charge is 2.04. The van der Waals surface area contributed by atoms with Gasteiger partial charge in [0.2, 0.25) is 0 Å². The molecule has 1 N–H and O–H groups in total. The molecule has 0 spiro atoms. The number of anilines is 2. The fraction of sp³-hybridized carbons (Fsp3) is 0. The Morgan fingerprint density at radius 2 is 1.94 bits per heavy atom. The second-order valence-electron chi connectivity index (χ2n) is 3.47. The average molecular weight is 238 g/mol. The molecule has 2 aromatic rings. The maximum Gasteiger partial charge on any atom is 0.130 e. The summed E-state index contributed by atoms with van der Waals surface area (Å²) in [5.41, 5.74) is 1.11. The maximum atomic E-state index is 12.9. The highest BCUT2D eigenvalue weighted by atomic mass is 19.1. The van der Waals surface area contributed by atoms with E-state index in [4.69, 9.17) is 10.5 Å². The van der Waals surface area contributed by atoms with E-state index in [2.05, 4.69) is 10.3 Å². The molecule has 0 radical (unpaired) electrons. The van der Waals surface area contributed by atoms with Crippen LogP contribution in [0.5, 0.6) is 0 Å². The first-order valence-electron chi connectivity index (χ1n) is 5.06. The van der Waals surface area contributed by atoms with Crippen molar-refractivity contribution in [2.24, 2.45) is 0 Å². The van der Waals surface area contributed by atoms with Gasteiger partial charge in [0.15, 0.2) is 0 Å². The normalized spacial score (nSPS) is 9.28. The second-order valence-corrected chi connectivity index (χ2v) is 3.47. The molecule has 0 bridgehead atoms. The van der Waals surface area contributed by atoms with Gasteiger partial charge in [-0.1, -0.05) is 0 Å². The third kappa shape index (κ3) is 2.42. The molecule has 0 saturated heterocycles. The molecule has 0 aliphatic heterocycles. The van der Waals surface area contributed by atoms with Crippen LogP contribution in [0.25, 0.3) is 0 Å². The summed E-state index contributed by atoms with van der Waals surface area (Å²) >= 11 is 0. The third-order valence-electron chi connectivity index (χ3n) is 2.26. The Kier molecular flexibility index (Phi) is 3.17. The van der Waals surface area contributed by atoms with E-state index >= 15 is 0 Å². The number of nitrogens with zero attached hydrogens (tertiary/aromatic N) is 3. The quantitative estimate of drug-likeness (QED) is 0.872. The van der Waals surface area contributed by atoms with E-state index in [-0.39, 0.29) is 5.56 Å². The van der Waals surface area contributed by atoms with Crippen LogP contribution in [-0.4, -0.2) is 4.98 Å². The minimum absolute atomic E-state index is 0.196. The smallest absolute Gasteiger partial charge is 0.130 e. The Labute approximate surface area is 103 Å². The van der Waals surface area contributed by atoms with Crippen LogP contribution in [0.2, 0.25) is 0 Å². The van der Waals surface area contributed by atoms with Gasteiger partial charge >= 0.3 is 0 Å². The van der Waals surface area contributed by atoms with Gasteiger partial charge in [-0.05, 0) is 30.3 Å². The summed E-state index contributed by atoms with van der Waals surface area (Å²) in [6.45, 7) is 0. The molecule has 1 heterocycles. The number of aromatic nitrogens is 1. The van der Waals surface area contributed by atoms with Gasteiger partial charge in [0.1, 0.15) is 23.8 Å². The second kappa shape index (κ2) is 4.94. The van der Waals surface area contributed by atoms with Crippen LogP contribution in [0, 0.1) is 28.5 Å². The topological polar surface area (TPSA) is 72.5 Å². The molecule has 1 aromatic heterocycles. The van der Waals surface area contributed by atoms with Crippen molar-refractivity contribution >= 4 is 11.5 Å². The molecule has 0 unspecified atom stereocenters. The molecule has 1 aromatic carbocycles. The predicted molar refractivity (Wildman–Crippen MR) is 63.3 cm³/mol. The summed E-state index contributed by atoms with van der Waals surface area (Å²) in [6.07, 6.45) is 1.41. The molecule has 0 amide bonds. The van der Waals surface area contributed by atoms with E-state index < -0.39 is 5.82 Å². The van der Waals surface area contributed by atoms with Gasteiger partial charge in [0.05, 0.1) is 16.8 Å². The fourth-order valence-corrected chi connectivity index (χ4v) is 1.39. The minimum Gasteiger partial charge on any atom is -0.339 e. The van der Waals surface area contributed by atoms with Gasteiger partial charge in [0.25, 0.3) is 0 Å². The van der Waals surface area contributed by atoms with Gasteiger partial charge in [-0.15, -0.1) is 0 Å². The average Bonchev–Trinajstić information content (AvgIpc) is 2.41. The van der Waals surface area contributed by atoms with Crippen LogP contribution < -0.4 is 5.32 Å². The molecule has 18 heavy (non-hydrogen) atoms. The number of hydrogen-bond donors (Lipinski definition) is 1. The summed E-state index contributed by atoms with van der Waals surface area (Å²) in [4.78, 5) is 4.01. The van der Waals surface area contributed by atoms with E-state index in [1.807, 2.05) is 12.1 Å². The van der Waals surface area contributed by atoms with Crippen LogP contribution >= 0.6 is 0 Å². The summed E-state index contributed by atoms with van der Waals surface area (Å²) < 4.78 is 12.9. The van der Waals surface area contributed by atoms with Crippen molar-refractivity contribution in [3.8, 4) is 12.1 Å². The Morgan fingerprint density at radius 1 is 1.11 bits per heavy atom. The number of pyridine rings is 1. The van der Waals surface area contributed by atoms with Crippen LogP contribution in [0.3, 0.4) is 0 Å². The molecule has 0 aliphatic rings. The Hall–Kier alpha value is -2.92. The standard InChI is InChI=1S/C13H7FN4/c14-11-2-3-12(10(5-11)7-16)18-13-4-1-9(6-15)8-17-13/h1-5,8H,(H,17,18). The highest BCUT2D eigenvalue weighted by molar-refractivity contribution is 5.64. The van der Waals surface area contributed by atoms with E-state index in [0.717, 1.165) is 6.07 Å². The first kappa shape index (κ1) is 11.6. The van der Waals surface area contributed by atoms with Crippen molar-refractivity contribution in [3.63, 3.8) is 0 Å². The van der Waals surface area contributed by atoms with Gasteiger partial charge in [-0.25, -0.2) is 9.37 Å². The van der Waals surface area contributed by atoms with Gasteiger partial charge < -0.3 is 5.32 Å². The van der Waals surface area contributed by atoms with Gasteiger partial charge in [-0.2, -0.15) is 10.5 Å². The molecule has 4 nitrogen and oxygen atoms in total. The summed E-state index contributed by atoms with van der Waals surface area (Å²) in [5.74, 6) is 0.0157. The molecule has 0 aliphatic carbocycles. The van der Waals surface area contributed by atoms with E-state index in [1.54, 1.807) is 12.1 Å². The van der Waals surface area contributed by atoms with Crippen molar-refractivity contribution in [1.82, 2.24) is 4.98 Å². The number of rotatable bonds is 2. The van der Waals surface area contributed by atoms with Crippen LogP contribution in [0.4, 0.5) is 15.9 Å². The Balaban J connectivity index is 2.29. The summed E-state index contributed by atoms with van der Waals surface area (Å²) in [5, 5.41) is 20.4. The molecular formula is C13H7FN4. The lowest BCUT2D eigenvalue weighted by Gasteiger charge is -2.07. The molecule has 2 rings (SSSR count). The van der Waals surface area contributed by atoms with Crippen molar-refractivity contribution in [1.29, 1.82) is 10.5 Å². The lowest BCUT2D eigenvalue weighted by molar-refractivity contribution is 0.627. The number of nitriles is 2. The van der Waals surface area contributed by atoms with Crippen LogP contribution in [-0.2, 0) is 0 Å². The molecule has 0 atom stereocenters. The zero-order valence-corrected chi connectivity index (χ0v) is 9.18. The first-order valence-corrected chi connectivity index (χ1v) is 5.06. The number of benzene rings is 1. The highest BCUT2D eigenvalue weighted by Crippen LogP contribution is 2.20. The third-order valence-corrected chi connectivity index (χ3v) is 2.26. The van der Waals surface area contributed by atoms with Gasteiger partial charge in [-0.3, -0.25) is 0 Å². The number of hydrogen-bond acceptors (Lipinski definition) is 4. The van der Waals surface area contributed by atoms with Crippen LogP contribution in [0.1, 0.15) is 11.1 Å². The number of nitrogens with one attached hydrogen (secondary N) is 1. The van der Waals surface area contributed by atoms with Crippen molar-refractivity contribution in [2.75, 3.05) is 5.32 Å². The minimum atomic E-state index is -0.468. The van der Waals surface area contributed by atoms with Crippen LogP contribution in [0.15, 0.2) is 36.5 Å².